The molecule has 3 rings (SSSR count). The summed E-state index contributed by atoms with van der Waals surface area (Å²) in [7, 11) is 0. The number of benzene rings is 1. The minimum Gasteiger partial charge on any atom is -0.126 e. The molecule has 2 aliphatic rings. The zero-order valence-corrected chi connectivity index (χ0v) is 12.3. The van der Waals surface area contributed by atoms with Gasteiger partial charge in [-0.3, -0.25) is 0 Å². The molecule has 0 radical (unpaired) electrons. The zero-order valence-electron chi connectivity index (χ0n) is 9.96. The number of hydrogen-bond acceptors (Lipinski definition) is 0. The first kappa shape index (κ1) is 12.0. The van der Waals surface area contributed by atoms with E-state index in [0.29, 0.717) is 5.41 Å². The van der Waals surface area contributed by atoms with Crippen LogP contribution in [0.15, 0.2) is 28.7 Å². The molecule has 3 atom stereocenters. The monoisotopic (exact) mass is 312 g/mol. The van der Waals surface area contributed by atoms with Crippen molar-refractivity contribution in [3.63, 3.8) is 0 Å². The predicted molar refractivity (Wildman–Crippen MR) is 76.4 cm³/mol. The van der Waals surface area contributed by atoms with E-state index >= 15 is 0 Å². The van der Waals surface area contributed by atoms with Crippen LogP contribution in [0, 0.1) is 17.3 Å². The van der Waals surface area contributed by atoms with Crippen molar-refractivity contribution in [1.82, 2.24) is 0 Å². The van der Waals surface area contributed by atoms with Gasteiger partial charge in [0.15, 0.2) is 0 Å². The standard InChI is InChI=1S/C15H18BrCl/c16-14-3-1-2-11(7-14)8-15(10-17)9-12-4-5-13(15)6-12/h1-3,7,12-13H,4-6,8-10H2. The molecule has 2 aliphatic carbocycles. The van der Waals surface area contributed by atoms with Gasteiger partial charge in [0, 0.05) is 10.4 Å². The Balaban J connectivity index is 1.83. The molecule has 0 aromatic heterocycles. The first-order valence-electron chi connectivity index (χ1n) is 6.52. The van der Waals surface area contributed by atoms with Gasteiger partial charge in [0.05, 0.1) is 0 Å². The van der Waals surface area contributed by atoms with Crippen LogP contribution in [0.5, 0.6) is 0 Å². The molecule has 0 N–H and O–H groups in total. The number of alkyl halides is 1. The second kappa shape index (κ2) is 4.59. The smallest absolute Gasteiger partial charge is 0.0285 e. The van der Waals surface area contributed by atoms with Crippen LogP contribution in [0.4, 0.5) is 0 Å². The highest BCUT2D eigenvalue weighted by Crippen LogP contribution is 2.57. The van der Waals surface area contributed by atoms with Crippen molar-refractivity contribution in [3.8, 4) is 0 Å². The third kappa shape index (κ3) is 2.17. The number of hydrogen-bond donors (Lipinski definition) is 0. The van der Waals surface area contributed by atoms with E-state index in [9.17, 15) is 0 Å². The molecule has 0 heterocycles. The zero-order chi connectivity index (χ0) is 11.9. The van der Waals surface area contributed by atoms with Gasteiger partial charge >= 0.3 is 0 Å². The van der Waals surface area contributed by atoms with E-state index in [1.165, 1.54) is 35.7 Å². The first-order valence-corrected chi connectivity index (χ1v) is 7.85. The van der Waals surface area contributed by atoms with Gasteiger partial charge in [0.1, 0.15) is 0 Å². The summed E-state index contributed by atoms with van der Waals surface area (Å²) in [6, 6.07) is 8.72. The van der Waals surface area contributed by atoms with Crippen molar-refractivity contribution < 1.29 is 0 Å². The molecule has 1 aromatic carbocycles. The van der Waals surface area contributed by atoms with Gasteiger partial charge in [-0.2, -0.15) is 0 Å². The fraction of sp³-hybridized carbons (Fsp3) is 0.600. The van der Waals surface area contributed by atoms with Crippen LogP contribution in [0.3, 0.4) is 0 Å². The van der Waals surface area contributed by atoms with Crippen molar-refractivity contribution in [2.75, 3.05) is 5.88 Å². The van der Waals surface area contributed by atoms with Gasteiger partial charge in [0.2, 0.25) is 0 Å². The Morgan fingerprint density at radius 3 is 2.82 bits per heavy atom. The second-order valence-electron chi connectivity index (χ2n) is 5.88. The Morgan fingerprint density at radius 1 is 1.35 bits per heavy atom. The van der Waals surface area contributed by atoms with Gasteiger partial charge in [-0.05, 0) is 60.6 Å². The van der Waals surface area contributed by atoms with Crippen molar-refractivity contribution >= 4 is 27.5 Å². The van der Waals surface area contributed by atoms with Crippen LogP contribution < -0.4 is 0 Å². The number of rotatable bonds is 3. The van der Waals surface area contributed by atoms with E-state index in [1.807, 2.05) is 0 Å². The third-order valence-corrected chi connectivity index (χ3v) is 5.84. The lowest BCUT2D eigenvalue weighted by Crippen LogP contribution is -2.32. The summed E-state index contributed by atoms with van der Waals surface area (Å²) in [6.07, 6.45) is 6.80. The average molecular weight is 314 g/mol. The lowest BCUT2D eigenvalue weighted by molar-refractivity contribution is 0.193. The van der Waals surface area contributed by atoms with E-state index in [-0.39, 0.29) is 0 Å². The fourth-order valence-electron chi connectivity index (χ4n) is 4.04. The topological polar surface area (TPSA) is 0 Å². The van der Waals surface area contributed by atoms with Crippen molar-refractivity contribution in [2.45, 2.75) is 32.1 Å². The molecule has 92 valence electrons. The van der Waals surface area contributed by atoms with Crippen LogP contribution in [0.1, 0.15) is 31.2 Å². The van der Waals surface area contributed by atoms with E-state index in [1.54, 1.807) is 0 Å². The third-order valence-electron chi connectivity index (χ3n) is 4.81. The predicted octanol–water partition coefficient (Wildman–Crippen LogP) is 5.04. The Morgan fingerprint density at radius 2 is 2.24 bits per heavy atom. The summed E-state index contributed by atoms with van der Waals surface area (Å²) < 4.78 is 1.18. The Kier molecular flexibility index (Phi) is 3.25. The summed E-state index contributed by atoms with van der Waals surface area (Å²) >= 11 is 9.90. The molecule has 0 aliphatic heterocycles. The Labute approximate surface area is 117 Å². The molecule has 2 bridgehead atoms. The first-order chi connectivity index (χ1) is 8.22. The quantitative estimate of drug-likeness (QED) is 0.686. The maximum Gasteiger partial charge on any atom is 0.0285 e. The largest absolute Gasteiger partial charge is 0.126 e. The molecular weight excluding hydrogens is 296 g/mol. The van der Waals surface area contributed by atoms with E-state index in [0.717, 1.165) is 24.1 Å². The van der Waals surface area contributed by atoms with Crippen molar-refractivity contribution in [1.29, 1.82) is 0 Å². The van der Waals surface area contributed by atoms with Gasteiger partial charge < -0.3 is 0 Å². The van der Waals surface area contributed by atoms with Gasteiger partial charge in [-0.1, -0.05) is 34.5 Å². The van der Waals surface area contributed by atoms with Gasteiger partial charge in [-0.15, -0.1) is 11.6 Å². The summed E-state index contributed by atoms with van der Waals surface area (Å²) in [5.74, 6) is 2.68. The molecular formula is C15H18BrCl. The summed E-state index contributed by atoms with van der Waals surface area (Å²) in [5, 5.41) is 0. The van der Waals surface area contributed by atoms with Crippen LogP contribution in [0.25, 0.3) is 0 Å². The molecule has 2 saturated carbocycles. The number of halogens is 2. The van der Waals surface area contributed by atoms with Crippen molar-refractivity contribution in [3.05, 3.63) is 34.3 Å². The Bertz CT molecular complexity index is 417. The van der Waals surface area contributed by atoms with E-state index in [4.69, 9.17) is 11.6 Å². The van der Waals surface area contributed by atoms with Gasteiger partial charge in [0.25, 0.3) is 0 Å². The molecule has 17 heavy (non-hydrogen) atoms. The van der Waals surface area contributed by atoms with E-state index < -0.39 is 0 Å². The molecule has 3 unspecified atom stereocenters. The maximum absolute atomic E-state index is 6.34. The SMILES string of the molecule is ClCC1(Cc2cccc(Br)c2)CC2CCC1C2. The highest BCUT2D eigenvalue weighted by molar-refractivity contribution is 9.10. The minimum absolute atomic E-state index is 0.394. The highest BCUT2D eigenvalue weighted by Gasteiger charge is 2.50. The van der Waals surface area contributed by atoms with Crippen LogP contribution in [0.2, 0.25) is 0 Å². The highest BCUT2D eigenvalue weighted by atomic mass is 79.9. The van der Waals surface area contributed by atoms with E-state index in [2.05, 4.69) is 40.2 Å². The van der Waals surface area contributed by atoms with Crippen LogP contribution in [-0.2, 0) is 6.42 Å². The molecule has 0 spiro atoms. The van der Waals surface area contributed by atoms with Gasteiger partial charge in [-0.25, -0.2) is 0 Å². The van der Waals surface area contributed by atoms with Crippen LogP contribution >= 0.6 is 27.5 Å². The summed E-state index contributed by atoms with van der Waals surface area (Å²) in [5.41, 5.74) is 1.83. The number of fused-ring (bicyclic) bond motifs is 2. The lowest BCUT2D eigenvalue weighted by atomic mass is 9.71. The normalized spacial score (nSPS) is 35.4. The fourth-order valence-corrected chi connectivity index (χ4v) is 4.91. The molecule has 1 aromatic rings. The summed E-state index contributed by atoms with van der Waals surface area (Å²) in [4.78, 5) is 0. The van der Waals surface area contributed by atoms with Crippen LogP contribution in [-0.4, -0.2) is 5.88 Å². The second-order valence-corrected chi connectivity index (χ2v) is 7.07. The molecule has 0 saturated heterocycles. The molecule has 0 amide bonds. The lowest BCUT2D eigenvalue weighted by Gasteiger charge is -2.36. The van der Waals surface area contributed by atoms with Crippen molar-refractivity contribution in [2.24, 2.45) is 17.3 Å². The Hall–Kier alpha value is -0.0100. The summed E-state index contributed by atoms with van der Waals surface area (Å²) in [6.45, 7) is 0. The molecule has 0 nitrogen and oxygen atoms in total. The minimum atomic E-state index is 0.394. The molecule has 2 heteroatoms. The maximum atomic E-state index is 6.34. The average Bonchev–Trinajstić information content (AvgIpc) is 2.89. The molecule has 2 fully saturated rings.